The lowest BCUT2D eigenvalue weighted by Gasteiger charge is -2.37. The van der Waals surface area contributed by atoms with Crippen LogP contribution < -0.4 is 20.9 Å². The van der Waals surface area contributed by atoms with Crippen molar-refractivity contribution < 1.29 is 4.79 Å². The highest BCUT2D eigenvalue weighted by atomic mass is 16.1. The molecule has 1 fully saturated rings. The molecular formula is C27H25N5O. The summed E-state index contributed by atoms with van der Waals surface area (Å²) in [6.07, 6.45) is 7.74. The molecule has 3 heterocycles. The van der Waals surface area contributed by atoms with Gasteiger partial charge in [-0.3, -0.25) is 15.1 Å². The van der Waals surface area contributed by atoms with Gasteiger partial charge in [0.2, 0.25) is 0 Å². The fourth-order valence-electron chi connectivity index (χ4n) is 5.32. The van der Waals surface area contributed by atoms with Gasteiger partial charge in [-0.05, 0) is 36.8 Å². The Kier molecular flexibility index (Phi) is 4.55. The number of anilines is 2. The van der Waals surface area contributed by atoms with E-state index in [0.29, 0.717) is 12.2 Å². The van der Waals surface area contributed by atoms with Crippen molar-refractivity contribution in [2.24, 2.45) is 0 Å². The first-order valence-electron chi connectivity index (χ1n) is 11.3. The first-order valence-corrected chi connectivity index (χ1v) is 11.3. The topological polar surface area (TPSA) is 69.3 Å². The Morgan fingerprint density at radius 3 is 2.67 bits per heavy atom. The molecule has 33 heavy (non-hydrogen) atoms. The number of para-hydroxylation sites is 1. The molecule has 1 amide bonds. The lowest BCUT2D eigenvalue weighted by Crippen LogP contribution is -2.49. The van der Waals surface area contributed by atoms with Gasteiger partial charge in [-0.1, -0.05) is 54.6 Å². The van der Waals surface area contributed by atoms with Crippen LogP contribution >= 0.6 is 0 Å². The van der Waals surface area contributed by atoms with Crippen LogP contribution in [0, 0.1) is 0 Å². The molecule has 0 radical (unpaired) electrons. The molecule has 3 aromatic rings. The number of rotatable bonds is 4. The van der Waals surface area contributed by atoms with E-state index in [2.05, 4.69) is 50.1 Å². The van der Waals surface area contributed by atoms with Gasteiger partial charge in [0.1, 0.15) is 5.54 Å². The molecule has 164 valence electrons. The molecule has 1 saturated heterocycles. The van der Waals surface area contributed by atoms with Gasteiger partial charge in [-0.15, -0.1) is 0 Å². The van der Waals surface area contributed by atoms with E-state index >= 15 is 0 Å². The van der Waals surface area contributed by atoms with Crippen molar-refractivity contribution in [1.29, 1.82) is 0 Å². The number of nitrogens with one attached hydrogen (secondary N) is 3. The van der Waals surface area contributed by atoms with E-state index in [1.807, 2.05) is 73.9 Å². The van der Waals surface area contributed by atoms with Crippen molar-refractivity contribution >= 4 is 17.3 Å². The molecule has 2 aliphatic heterocycles. The van der Waals surface area contributed by atoms with E-state index in [1.54, 1.807) is 0 Å². The molecule has 1 aliphatic carbocycles. The zero-order valence-corrected chi connectivity index (χ0v) is 18.3. The summed E-state index contributed by atoms with van der Waals surface area (Å²) in [6, 6.07) is 22.3. The van der Waals surface area contributed by atoms with Gasteiger partial charge in [0.25, 0.3) is 5.91 Å². The van der Waals surface area contributed by atoms with Crippen LogP contribution in [0.4, 0.5) is 11.4 Å². The average Bonchev–Trinajstić information content (AvgIpc) is 3.42. The third-order valence-corrected chi connectivity index (χ3v) is 6.91. The highest BCUT2D eigenvalue weighted by Crippen LogP contribution is 2.51. The van der Waals surface area contributed by atoms with Crippen LogP contribution in [0.3, 0.4) is 0 Å². The standard InChI is InChI=1S/C27H25N5O/c1-18(19-7-3-2-4-8-19)30-26(33)21-11-12-24-27(22-9-5-6-10-23(22)31-25(21)27)29-17-32(24)20-13-15-28-16-14-20/h2-16,18,24,29,31H,17H2,1H3,(H,30,33)/t18?,24-,27?/m1/s1. The van der Waals surface area contributed by atoms with Crippen LogP contribution in [-0.2, 0) is 10.3 Å². The van der Waals surface area contributed by atoms with Crippen LogP contribution in [-0.4, -0.2) is 23.6 Å². The minimum Gasteiger partial charge on any atom is -0.356 e. The van der Waals surface area contributed by atoms with Gasteiger partial charge < -0.3 is 15.5 Å². The molecule has 6 nitrogen and oxygen atoms in total. The lowest BCUT2D eigenvalue weighted by atomic mass is 9.77. The van der Waals surface area contributed by atoms with Gasteiger partial charge in [-0.2, -0.15) is 0 Å². The summed E-state index contributed by atoms with van der Waals surface area (Å²) < 4.78 is 0. The Hall–Kier alpha value is -3.90. The van der Waals surface area contributed by atoms with Crippen molar-refractivity contribution in [3.63, 3.8) is 0 Å². The maximum Gasteiger partial charge on any atom is 0.253 e. The lowest BCUT2D eigenvalue weighted by molar-refractivity contribution is -0.117. The smallest absolute Gasteiger partial charge is 0.253 e. The van der Waals surface area contributed by atoms with Crippen LogP contribution in [0.15, 0.2) is 103 Å². The van der Waals surface area contributed by atoms with E-state index in [9.17, 15) is 4.79 Å². The summed E-state index contributed by atoms with van der Waals surface area (Å²) in [7, 11) is 0. The molecule has 3 atom stereocenters. The molecule has 1 spiro atoms. The summed E-state index contributed by atoms with van der Waals surface area (Å²) in [5, 5.41) is 10.5. The second-order valence-corrected chi connectivity index (χ2v) is 8.69. The predicted molar refractivity (Wildman–Crippen MR) is 129 cm³/mol. The Labute approximate surface area is 193 Å². The molecular weight excluding hydrogens is 410 g/mol. The van der Waals surface area contributed by atoms with Gasteiger partial charge in [0.05, 0.1) is 30.0 Å². The van der Waals surface area contributed by atoms with Gasteiger partial charge in [-0.25, -0.2) is 0 Å². The van der Waals surface area contributed by atoms with Crippen LogP contribution in [0.5, 0.6) is 0 Å². The van der Waals surface area contributed by atoms with Gasteiger partial charge >= 0.3 is 0 Å². The summed E-state index contributed by atoms with van der Waals surface area (Å²) in [5.74, 6) is -0.0834. The van der Waals surface area contributed by atoms with Crippen molar-refractivity contribution in [2.75, 3.05) is 16.9 Å². The number of carbonyl (C=O) groups is 1. The monoisotopic (exact) mass is 435 g/mol. The number of amides is 1. The molecule has 6 rings (SSSR count). The number of hydrogen-bond acceptors (Lipinski definition) is 5. The number of pyridine rings is 1. The minimum atomic E-state index is -0.517. The molecule has 0 bridgehead atoms. The van der Waals surface area contributed by atoms with Gasteiger partial charge in [0, 0.05) is 29.3 Å². The number of benzene rings is 2. The molecule has 0 saturated carbocycles. The van der Waals surface area contributed by atoms with E-state index in [4.69, 9.17) is 0 Å². The maximum atomic E-state index is 13.5. The minimum absolute atomic E-state index is 0.0224. The molecule has 2 aromatic carbocycles. The second-order valence-electron chi connectivity index (χ2n) is 8.69. The number of nitrogens with zero attached hydrogens (tertiary/aromatic N) is 2. The molecule has 2 unspecified atom stereocenters. The van der Waals surface area contributed by atoms with E-state index in [1.165, 1.54) is 0 Å². The Bertz CT molecular complexity index is 1270. The summed E-state index contributed by atoms with van der Waals surface area (Å²) in [5.41, 5.74) is 5.42. The number of aromatic nitrogens is 1. The third-order valence-electron chi connectivity index (χ3n) is 6.91. The molecule has 3 aliphatic rings. The SMILES string of the molecule is CC(NC(=O)C1=C2Nc3ccccc3C23NCN(c2ccncc2)[C@@H]3C=C1)c1ccccc1. The molecule has 3 N–H and O–H groups in total. The van der Waals surface area contributed by atoms with Crippen LogP contribution in [0.1, 0.15) is 24.1 Å². The van der Waals surface area contributed by atoms with E-state index in [-0.39, 0.29) is 18.0 Å². The van der Waals surface area contributed by atoms with E-state index < -0.39 is 5.54 Å². The first-order chi connectivity index (χ1) is 16.2. The number of fused-ring (bicyclic) bond motifs is 1. The van der Waals surface area contributed by atoms with Gasteiger partial charge in [0.15, 0.2) is 0 Å². The largest absolute Gasteiger partial charge is 0.356 e. The molecule has 6 heteroatoms. The number of carbonyl (C=O) groups excluding carboxylic acids is 1. The Morgan fingerprint density at radius 1 is 1.09 bits per heavy atom. The van der Waals surface area contributed by atoms with E-state index in [0.717, 1.165) is 28.2 Å². The Balaban J connectivity index is 1.41. The summed E-state index contributed by atoms with van der Waals surface area (Å²) >= 11 is 0. The maximum absolute atomic E-state index is 13.5. The average molecular weight is 436 g/mol. The Morgan fingerprint density at radius 2 is 1.85 bits per heavy atom. The van der Waals surface area contributed by atoms with Crippen LogP contribution in [0.25, 0.3) is 0 Å². The highest BCUT2D eigenvalue weighted by molar-refractivity contribution is 6.00. The van der Waals surface area contributed by atoms with Crippen LogP contribution in [0.2, 0.25) is 0 Å². The first kappa shape index (κ1) is 19.8. The zero-order valence-electron chi connectivity index (χ0n) is 18.3. The second kappa shape index (κ2) is 7.60. The summed E-state index contributed by atoms with van der Waals surface area (Å²) in [4.78, 5) is 20.0. The normalized spacial score (nSPS) is 23.4. The number of hydrogen-bond donors (Lipinski definition) is 3. The highest BCUT2D eigenvalue weighted by Gasteiger charge is 2.57. The third kappa shape index (κ3) is 2.98. The predicted octanol–water partition coefficient (Wildman–Crippen LogP) is 3.84. The summed E-state index contributed by atoms with van der Waals surface area (Å²) in [6.45, 7) is 2.67. The van der Waals surface area contributed by atoms with Crippen molar-refractivity contribution in [3.05, 3.63) is 114 Å². The van der Waals surface area contributed by atoms with Crippen molar-refractivity contribution in [1.82, 2.24) is 15.6 Å². The zero-order chi connectivity index (χ0) is 22.4. The van der Waals surface area contributed by atoms with Crippen molar-refractivity contribution in [2.45, 2.75) is 24.5 Å². The fourth-order valence-corrected chi connectivity index (χ4v) is 5.32. The fraction of sp³-hybridized carbons (Fsp3) is 0.185. The quantitative estimate of drug-likeness (QED) is 0.581. The van der Waals surface area contributed by atoms with Crippen molar-refractivity contribution in [3.8, 4) is 0 Å². The molecule has 1 aromatic heterocycles.